The lowest BCUT2D eigenvalue weighted by atomic mass is 10.0. The second kappa shape index (κ2) is 3.84. The van der Waals surface area contributed by atoms with Crippen molar-refractivity contribution in [2.75, 3.05) is 13.2 Å². The summed E-state index contributed by atoms with van der Waals surface area (Å²) in [6, 6.07) is 5.58. The fourth-order valence-electron chi connectivity index (χ4n) is 2.11. The molecular weight excluding hydrogens is 222 g/mol. The molecule has 2 aliphatic heterocycles. The van der Waals surface area contributed by atoms with Crippen molar-refractivity contribution in [2.24, 2.45) is 0 Å². The van der Waals surface area contributed by atoms with Gasteiger partial charge in [0.15, 0.2) is 11.5 Å². The van der Waals surface area contributed by atoms with Gasteiger partial charge in [-0.25, -0.2) is 4.79 Å². The SMILES string of the molecule is CC1NC(=O)OC1c1ccc2c(c1)OCCO2. The zero-order chi connectivity index (χ0) is 11.8. The molecule has 1 fully saturated rings. The van der Waals surface area contributed by atoms with Crippen LogP contribution in [0.2, 0.25) is 0 Å². The van der Waals surface area contributed by atoms with Gasteiger partial charge in [-0.15, -0.1) is 0 Å². The Morgan fingerprint density at radius 2 is 2.00 bits per heavy atom. The van der Waals surface area contributed by atoms with Crippen LogP contribution in [0.15, 0.2) is 18.2 Å². The number of cyclic esters (lactones) is 1. The molecule has 0 aliphatic carbocycles. The number of nitrogens with one attached hydrogen (secondary N) is 1. The van der Waals surface area contributed by atoms with Crippen molar-refractivity contribution >= 4 is 6.09 Å². The van der Waals surface area contributed by atoms with Crippen LogP contribution in [-0.2, 0) is 4.74 Å². The number of benzene rings is 1. The Kier molecular flexibility index (Phi) is 2.31. The van der Waals surface area contributed by atoms with E-state index in [0.29, 0.717) is 19.0 Å². The number of alkyl carbamates (subject to hydrolysis) is 1. The number of carbonyl (C=O) groups is 1. The summed E-state index contributed by atoms with van der Waals surface area (Å²) < 4.78 is 16.1. The van der Waals surface area contributed by atoms with E-state index < -0.39 is 0 Å². The van der Waals surface area contributed by atoms with Crippen LogP contribution in [0, 0.1) is 0 Å². The monoisotopic (exact) mass is 235 g/mol. The molecule has 0 saturated carbocycles. The Labute approximate surface area is 98.7 Å². The highest BCUT2D eigenvalue weighted by Crippen LogP contribution is 2.35. The third-order valence-electron chi connectivity index (χ3n) is 2.93. The minimum Gasteiger partial charge on any atom is -0.486 e. The second-order valence-corrected chi connectivity index (χ2v) is 4.16. The first kappa shape index (κ1) is 10.3. The first-order valence-corrected chi connectivity index (χ1v) is 5.61. The average molecular weight is 235 g/mol. The molecule has 5 nitrogen and oxygen atoms in total. The number of amides is 1. The van der Waals surface area contributed by atoms with Crippen molar-refractivity contribution in [1.82, 2.24) is 5.32 Å². The van der Waals surface area contributed by atoms with Crippen molar-refractivity contribution in [3.63, 3.8) is 0 Å². The van der Waals surface area contributed by atoms with Gasteiger partial charge in [0.25, 0.3) is 0 Å². The molecule has 17 heavy (non-hydrogen) atoms. The molecule has 2 atom stereocenters. The summed E-state index contributed by atoms with van der Waals surface area (Å²) >= 11 is 0. The summed E-state index contributed by atoms with van der Waals surface area (Å²) in [6.45, 7) is 3.03. The molecule has 0 radical (unpaired) electrons. The van der Waals surface area contributed by atoms with E-state index in [1.54, 1.807) is 0 Å². The second-order valence-electron chi connectivity index (χ2n) is 4.16. The molecule has 2 heterocycles. The maximum absolute atomic E-state index is 11.1. The van der Waals surface area contributed by atoms with E-state index in [0.717, 1.165) is 11.3 Å². The zero-order valence-electron chi connectivity index (χ0n) is 9.43. The van der Waals surface area contributed by atoms with Gasteiger partial charge in [-0.1, -0.05) is 6.07 Å². The van der Waals surface area contributed by atoms with E-state index in [2.05, 4.69) is 5.32 Å². The average Bonchev–Trinajstić information content (AvgIpc) is 2.68. The molecule has 1 saturated heterocycles. The summed E-state index contributed by atoms with van der Waals surface area (Å²) in [5.74, 6) is 1.45. The van der Waals surface area contributed by atoms with Crippen molar-refractivity contribution in [2.45, 2.75) is 19.1 Å². The lowest BCUT2D eigenvalue weighted by Gasteiger charge is -2.20. The van der Waals surface area contributed by atoms with E-state index in [9.17, 15) is 4.79 Å². The third-order valence-corrected chi connectivity index (χ3v) is 2.93. The van der Waals surface area contributed by atoms with Crippen molar-refractivity contribution in [3.05, 3.63) is 23.8 Å². The predicted molar refractivity (Wildman–Crippen MR) is 59.3 cm³/mol. The van der Waals surface area contributed by atoms with Crippen LogP contribution in [0.4, 0.5) is 4.79 Å². The van der Waals surface area contributed by atoms with Crippen LogP contribution in [0.1, 0.15) is 18.6 Å². The molecule has 1 aromatic rings. The van der Waals surface area contributed by atoms with Gasteiger partial charge in [0.05, 0.1) is 6.04 Å². The standard InChI is InChI=1S/C12H13NO4/c1-7-11(17-12(14)13-7)8-2-3-9-10(6-8)16-5-4-15-9/h2-3,6-7,11H,4-5H2,1H3,(H,13,14). The summed E-state index contributed by atoms with van der Waals surface area (Å²) in [4.78, 5) is 11.1. The lowest BCUT2D eigenvalue weighted by molar-refractivity contribution is 0.132. The molecular formula is C12H13NO4. The van der Waals surface area contributed by atoms with Crippen LogP contribution < -0.4 is 14.8 Å². The number of hydrogen-bond donors (Lipinski definition) is 1. The predicted octanol–water partition coefficient (Wildman–Crippen LogP) is 1.63. The van der Waals surface area contributed by atoms with Gasteiger partial charge in [0, 0.05) is 0 Å². The highest BCUT2D eigenvalue weighted by molar-refractivity contribution is 5.70. The summed E-state index contributed by atoms with van der Waals surface area (Å²) in [5, 5.41) is 2.71. The van der Waals surface area contributed by atoms with Gasteiger partial charge in [-0.2, -0.15) is 0 Å². The maximum atomic E-state index is 11.1. The Hall–Kier alpha value is -1.91. The van der Waals surface area contributed by atoms with Gasteiger partial charge in [0.2, 0.25) is 0 Å². The fraction of sp³-hybridized carbons (Fsp3) is 0.417. The molecule has 3 rings (SSSR count). The van der Waals surface area contributed by atoms with Gasteiger partial charge >= 0.3 is 6.09 Å². The van der Waals surface area contributed by atoms with E-state index in [4.69, 9.17) is 14.2 Å². The quantitative estimate of drug-likeness (QED) is 0.803. The smallest absolute Gasteiger partial charge is 0.408 e. The van der Waals surface area contributed by atoms with E-state index in [1.807, 2.05) is 25.1 Å². The summed E-state index contributed by atoms with van der Waals surface area (Å²) in [7, 11) is 0. The first-order chi connectivity index (χ1) is 8.24. The lowest BCUT2D eigenvalue weighted by Crippen LogP contribution is -2.24. The molecule has 0 bridgehead atoms. The fourth-order valence-corrected chi connectivity index (χ4v) is 2.11. The molecule has 5 heteroatoms. The molecule has 0 spiro atoms. The summed E-state index contributed by atoms with van der Waals surface area (Å²) in [6.07, 6.45) is -0.643. The summed E-state index contributed by atoms with van der Waals surface area (Å²) in [5.41, 5.74) is 0.917. The van der Waals surface area contributed by atoms with Crippen LogP contribution in [0.3, 0.4) is 0 Å². The van der Waals surface area contributed by atoms with Crippen LogP contribution in [0.25, 0.3) is 0 Å². The van der Waals surface area contributed by atoms with E-state index in [-0.39, 0.29) is 18.2 Å². The maximum Gasteiger partial charge on any atom is 0.408 e. The van der Waals surface area contributed by atoms with Crippen LogP contribution in [0.5, 0.6) is 11.5 Å². The third kappa shape index (κ3) is 1.77. The van der Waals surface area contributed by atoms with Crippen molar-refractivity contribution in [1.29, 1.82) is 0 Å². The Morgan fingerprint density at radius 3 is 2.71 bits per heavy atom. The Bertz CT molecular complexity index is 460. The van der Waals surface area contributed by atoms with Crippen molar-refractivity contribution in [3.8, 4) is 11.5 Å². The minimum atomic E-state index is -0.377. The molecule has 1 N–H and O–H groups in total. The topological polar surface area (TPSA) is 56.8 Å². The van der Waals surface area contributed by atoms with Gasteiger partial charge in [0.1, 0.15) is 19.3 Å². The Morgan fingerprint density at radius 1 is 1.24 bits per heavy atom. The van der Waals surface area contributed by atoms with Gasteiger partial charge in [-0.3, -0.25) is 0 Å². The highest BCUT2D eigenvalue weighted by atomic mass is 16.6. The van der Waals surface area contributed by atoms with Crippen LogP contribution >= 0.6 is 0 Å². The van der Waals surface area contributed by atoms with E-state index in [1.165, 1.54) is 0 Å². The largest absolute Gasteiger partial charge is 0.486 e. The first-order valence-electron chi connectivity index (χ1n) is 5.61. The number of ether oxygens (including phenoxy) is 3. The number of carbonyl (C=O) groups excluding carboxylic acids is 1. The van der Waals surface area contributed by atoms with E-state index >= 15 is 0 Å². The van der Waals surface area contributed by atoms with Gasteiger partial charge < -0.3 is 19.5 Å². The molecule has 2 unspecified atom stereocenters. The molecule has 1 amide bonds. The Balaban J connectivity index is 1.91. The van der Waals surface area contributed by atoms with Crippen LogP contribution in [-0.4, -0.2) is 25.3 Å². The normalized spacial score (nSPS) is 26.3. The molecule has 2 aliphatic rings. The highest BCUT2D eigenvalue weighted by Gasteiger charge is 2.32. The molecule has 90 valence electrons. The number of hydrogen-bond acceptors (Lipinski definition) is 4. The molecule has 0 aromatic heterocycles. The van der Waals surface area contributed by atoms with Crippen molar-refractivity contribution < 1.29 is 19.0 Å². The molecule has 1 aromatic carbocycles. The van der Waals surface area contributed by atoms with Gasteiger partial charge in [-0.05, 0) is 24.6 Å². The zero-order valence-corrected chi connectivity index (χ0v) is 9.43. The number of rotatable bonds is 1. The minimum absolute atomic E-state index is 0.0370. The number of fused-ring (bicyclic) bond motifs is 1.